The molecule has 0 spiro atoms. The molecule has 0 aliphatic carbocycles. The van der Waals surface area contributed by atoms with E-state index in [0.29, 0.717) is 6.10 Å². The van der Waals surface area contributed by atoms with E-state index in [0.717, 1.165) is 12.3 Å². The average Bonchev–Trinajstić information content (AvgIpc) is 2.40. The quantitative estimate of drug-likeness (QED) is 0.864. The fourth-order valence-corrected chi connectivity index (χ4v) is 2.73. The maximum Gasteiger partial charge on any atom is 0.0583 e. The summed E-state index contributed by atoms with van der Waals surface area (Å²) in [6.45, 7) is 4.50. The second kappa shape index (κ2) is 6.91. The van der Waals surface area contributed by atoms with Gasteiger partial charge in [-0.2, -0.15) is 0 Å². The van der Waals surface area contributed by atoms with Crippen molar-refractivity contribution in [2.24, 2.45) is 5.92 Å². The molecule has 0 bridgehead atoms. The van der Waals surface area contributed by atoms with Crippen LogP contribution in [0.2, 0.25) is 0 Å². The van der Waals surface area contributed by atoms with Gasteiger partial charge >= 0.3 is 0 Å². The summed E-state index contributed by atoms with van der Waals surface area (Å²) >= 11 is 0. The summed E-state index contributed by atoms with van der Waals surface area (Å²) in [7, 11) is 1.78. The minimum atomic E-state index is 0.302. The summed E-state index contributed by atoms with van der Waals surface area (Å²) in [5.74, 6) is 0.814. The molecule has 2 unspecified atom stereocenters. The lowest BCUT2D eigenvalue weighted by atomic mass is 9.91. The molecule has 1 aliphatic heterocycles. The van der Waals surface area contributed by atoms with Gasteiger partial charge in [0.2, 0.25) is 0 Å². The van der Waals surface area contributed by atoms with Gasteiger partial charge in [-0.25, -0.2) is 0 Å². The van der Waals surface area contributed by atoms with Crippen molar-refractivity contribution < 1.29 is 4.74 Å². The van der Waals surface area contributed by atoms with Crippen molar-refractivity contribution in [2.45, 2.75) is 38.7 Å². The van der Waals surface area contributed by atoms with Crippen molar-refractivity contribution in [3.63, 3.8) is 0 Å². The topological polar surface area (TPSA) is 21.3 Å². The van der Waals surface area contributed by atoms with E-state index in [1.54, 1.807) is 7.11 Å². The highest BCUT2D eigenvalue weighted by Crippen LogP contribution is 2.18. The molecule has 1 aromatic rings. The minimum absolute atomic E-state index is 0.302. The Hall–Kier alpha value is -0.860. The van der Waals surface area contributed by atoms with E-state index in [4.69, 9.17) is 4.74 Å². The zero-order valence-electron chi connectivity index (χ0n) is 11.6. The van der Waals surface area contributed by atoms with Crippen molar-refractivity contribution >= 4 is 0 Å². The fourth-order valence-electron chi connectivity index (χ4n) is 2.73. The number of hydrogen-bond donors (Lipinski definition) is 1. The first-order valence-electron chi connectivity index (χ1n) is 7.09. The second-order valence-electron chi connectivity index (χ2n) is 5.49. The third-order valence-electron chi connectivity index (χ3n) is 3.84. The molecule has 18 heavy (non-hydrogen) atoms. The monoisotopic (exact) mass is 247 g/mol. The maximum absolute atomic E-state index is 5.33. The molecule has 2 rings (SSSR count). The standard InChI is InChI=1S/C16H25NO/c1-13(18-2)9-14-5-3-6-15(10-14)11-16-7-4-8-17-12-16/h3,5-6,10,13,16-17H,4,7-9,11-12H2,1-2H3. The highest BCUT2D eigenvalue weighted by atomic mass is 16.5. The predicted molar refractivity (Wildman–Crippen MR) is 75.9 cm³/mol. The molecule has 2 nitrogen and oxygen atoms in total. The molecule has 1 aliphatic rings. The highest BCUT2D eigenvalue weighted by Gasteiger charge is 2.13. The van der Waals surface area contributed by atoms with Crippen molar-refractivity contribution in [1.29, 1.82) is 0 Å². The van der Waals surface area contributed by atoms with Crippen molar-refractivity contribution in [1.82, 2.24) is 5.32 Å². The lowest BCUT2D eigenvalue weighted by Gasteiger charge is -2.23. The minimum Gasteiger partial charge on any atom is -0.381 e. The van der Waals surface area contributed by atoms with Crippen molar-refractivity contribution in [3.05, 3.63) is 35.4 Å². The van der Waals surface area contributed by atoms with Gasteiger partial charge in [0.1, 0.15) is 0 Å². The summed E-state index contributed by atoms with van der Waals surface area (Å²) in [6.07, 6.45) is 5.21. The summed E-state index contributed by atoms with van der Waals surface area (Å²) < 4.78 is 5.33. The van der Waals surface area contributed by atoms with Gasteiger partial charge in [0.25, 0.3) is 0 Å². The Bertz CT molecular complexity index is 358. The smallest absolute Gasteiger partial charge is 0.0583 e. The first-order chi connectivity index (χ1) is 8.78. The van der Waals surface area contributed by atoms with Crippen LogP contribution in [0.4, 0.5) is 0 Å². The first kappa shape index (κ1) is 13.6. The molecule has 2 atom stereocenters. The van der Waals surface area contributed by atoms with Crippen LogP contribution in [0, 0.1) is 5.92 Å². The van der Waals surface area contributed by atoms with Gasteiger partial charge in [-0.1, -0.05) is 24.3 Å². The molecule has 1 fully saturated rings. The molecule has 1 aromatic carbocycles. The van der Waals surface area contributed by atoms with Crippen LogP contribution in [0.5, 0.6) is 0 Å². The Labute approximate surface area is 111 Å². The van der Waals surface area contributed by atoms with Crippen LogP contribution in [0.25, 0.3) is 0 Å². The van der Waals surface area contributed by atoms with E-state index in [2.05, 4.69) is 36.5 Å². The average molecular weight is 247 g/mol. The molecule has 1 heterocycles. The summed E-state index contributed by atoms with van der Waals surface area (Å²) in [6, 6.07) is 9.00. The first-order valence-corrected chi connectivity index (χ1v) is 7.09. The molecule has 100 valence electrons. The van der Waals surface area contributed by atoms with Crippen LogP contribution < -0.4 is 5.32 Å². The number of ether oxygens (including phenoxy) is 1. The second-order valence-corrected chi connectivity index (χ2v) is 5.49. The molecule has 1 saturated heterocycles. The molecule has 0 saturated carbocycles. The molecule has 2 heteroatoms. The van der Waals surface area contributed by atoms with E-state index >= 15 is 0 Å². The van der Waals surface area contributed by atoms with E-state index in [1.807, 2.05) is 0 Å². The Morgan fingerprint density at radius 2 is 2.22 bits per heavy atom. The van der Waals surface area contributed by atoms with E-state index in [9.17, 15) is 0 Å². The molecular weight excluding hydrogens is 222 g/mol. The summed E-state index contributed by atoms with van der Waals surface area (Å²) in [4.78, 5) is 0. The van der Waals surface area contributed by atoms with Gasteiger partial charge in [0.15, 0.2) is 0 Å². The number of piperidine rings is 1. The molecule has 0 radical (unpaired) electrons. The van der Waals surface area contributed by atoms with Crippen LogP contribution >= 0.6 is 0 Å². The van der Waals surface area contributed by atoms with Gasteiger partial charge < -0.3 is 10.1 Å². The van der Waals surface area contributed by atoms with Crippen LogP contribution in [-0.4, -0.2) is 26.3 Å². The van der Waals surface area contributed by atoms with Gasteiger partial charge in [-0.05, 0) is 62.7 Å². The third-order valence-corrected chi connectivity index (χ3v) is 3.84. The number of methoxy groups -OCH3 is 1. The van der Waals surface area contributed by atoms with E-state index in [1.165, 1.54) is 43.5 Å². The van der Waals surface area contributed by atoms with Crippen LogP contribution in [0.1, 0.15) is 30.9 Å². The van der Waals surface area contributed by atoms with Crippen LogP contribution in [0.3, 0.4) is 0 Å². The molecular formula is C16H25NO. The molecule has 0 aromatic heterocycles. The van der Waals surface area contributed by atoms with E-state index < -0.39 is 0 Å². The highest BCUT2D eigenvalue weighted by molar-refractivity contribution is 5.24. The lowest BCUT2D eigenvalue weighted by molar-refractivity contribution is 0.119. The number of benzene rings is 1. The third kappa shape index (κ3) is 4.11. The molecule has 1 N–H and O–H groups in total. The Balaban J connectivity index is 1.93. The normalized spacial score (nSPS) is 21.8. The summed E-state index contributed by atoms with van der Waals surface area (Å²) in [5, 5.41) is 3.49. The van der Waals surface area contributed by atoms with Gasteiger partial charge in [0.05, 0.1) is 6.10 Å². The zero-order valence-corrected chi connectivity index (χ0v) is 11.6. The Morgan fingerprint density at radius 1 is 1.39 bits per heavy atom. The van der Waals surface area contributed by atoms with Gasteiger partial charge in [-0.15, -0.1) is 0 Å². The van der Waals surface area contributed by atoms with Gasteiger partial charge in [-0.3, -0.25) is 0 Å². The molecule has 0 amide bonds. The van der Waals surface area contributed by atoms with Crippen LogP contribution in [0.15, 0.2) is 24.3 Å². The number of hydrogen-bond acceptors (Lipinski definition) is 2. The zero-order chi connectivity index (χ0) is 12.8. The predicted octanol–water partition coefficient (Wildman–Crippen LogP) is 2.81. The Morgan fingerprint density at radius 3 is 2.94 bits per heavy atom. The number of nitrogens with one attached hydrogen (secondary N) is 1. The SMILES string of the molecule is COC(C)Cc1cccc(CC2CCCNC2)c1. The largest absolute Gasteiger partial charge is 0.381 e. The van der Waals surface area contributed by atoms with Crippen molar-refractivity contribution in [2.75, 3.05) is 20.2 Å². The Kier molecular flexibility index (Phi) is 5.21. The van der Waals surface area contributed by atoms with Crippen LogP contribution in [-0.2, 0) is 17.6 Å². The fraction of sp³-hybridized carbons (Fsp3) is 0.625. The maximum atomic E-state index is 5.33. The van der Waals surface area contributed by atoms with E-state index in [-0.39, 0.29) is 0 Å². The van der Waals surface area contributed by atoms with Gasteiger partial charge in [0, 0.05) is 7.11 Å². The summed E-state index contributed by atoms with van der Waals surface area (Å²) in [5.41, 5.74) is 2.87. The number of rotatable bonds is 5. The van der Waals surface area contributed by atoms with Crippen molar-refractivity contribution in [3.8, 4) is 0 Å². The lowest BCUT2D eigenvalue weighted by Crippen LogP contribution is -2.30.